The molecule has 0 fully saturated rings. The number of carbonyl (C=O) groups excluding carboxylic acids is 1. The first-order chi connectivity index (χ1) is 9.08. The van der Waals surface area contributed by atoms with E-state index >= 15 is 0 Å². The van der Waals surface area contributed by atoms with Crippen molar-refractivity contribution in [2.24, 2.45) is 0 Å². The quantitative estimate of drug-likeness (QED) is 0.896. The zero-order chi connectivity index (χ0) is 13.8. The minimum absolute atomic E-state index is 0.137. The number of rotatable bonds is 4. The van der Waals surface area contributed by atoms with E-state index in [4.69, 9.17) is 10.5 Å². The number of nitrogens with two attached hydrogens (primary N) is 1. The number of hydrogen-bond donors (Lipinski definition) is 2. The summed E-state index contributed by atoms with van der Waals surface area (Å²) in [7, 11) is 1.59. The Labute approximate surface area is 122 Å². The number of nitrogens with zero attached hydrogens (tertiary/aromatic N) is 1. The molecule has 1 heterocycles. The fourth-order valence-electron chi connectivity index (χ4n) is 1.52. The minimum Gasteiger partial charge on any atom is -0.496 e. The number of anilines is 2. The maximum Gasteiger partial charge on any atom is 0.230 e. The first-order valence-corrected chi connectivity index (χ1v) is 7.09. The molecule has 0 aliphatic heterocycles. The Hall–Kier alpha value is -1.60. The molecule has 2 aromatic rings. The average molecular weight is 342 g/mol. The van der Waals surface area contributed by atoms with Gasteiger partial charge in [0.05, 0.1) is 23.7 Å². The number of thiazole rings is 1. The van der Waals surface area contributed by atoms with Crippen LogP contribution in [0.2, 0.25) is 0 Å². The van der Waals surface area contributed by atoms with Crippen molar-refractivity contribution in [3.63, 3.8) is 0 Å². The number of methoxy groups -OCH3 is 1. The van der Waals surface area contributed by atoms with Gasteiger partial charge < -0.3 is 15.8 Å². The van der Waals surface area contributed by atoms with Crippen LogP contribution in [0.15, 0.2) is 28.1 Å². The fraction of sp³-hybridized carbons (Fsp3) is 0.167. The Morgan fingerprint density at radius 1 is 1.58 bits per heavy atom. The van der Waals surface area contributed by atoms with Gasteiger partial charge in [-0.2, -0.15) is 0 Å². The van der Waals surface area contributed by atoms with E-state index in [1.807, 2.05) is 0 Å². The maximum atomic E-state index is 11.8. The molecule has 100 valence electrons. The third kappa shape index (κ3) is 3.68. The zero-order valence-electron chi connectivity index (χ0n) is 10.1. The molecule has 0 saturated heterocycles. The van der Waals surface area contributed by atoms with Crippen molar-refractivity contribution < 1.29 is 9.53 Å². The second kappa shape index (κ2) is 6.03. The van der Waals surface area contributed by atoms with Crippen LogP contribution in [-0.4, -0.2) is 18.0 Å². The van der Waals surface area contributed by atoms with Gasteiger partial charge in [0.1, 0.15) is 5.75 Å². The van der Waals surface area contributed by atoms with E-state index in [-0.39, 0.29) is 12.3 Å². The van der Waals surface area contributed by atoms with Crippen LogP contribution in [0.1, 0.15) is 5.69 Å². The van der Waals surface area contributed by atoms with Gasteiger partial charge in [-0.15, -0.1) is 11.3 Å². The van der Waals surface area contributed by atoms with E-state index in [1.165, 1.54) is 11.3 Å². The first-order valence-electron chi connectivity index (χ1n) is 5.42. The van der Waals surface area contributed by atoms with Gasteiger partial charge >= 0.3 is 0 Å². The number of halogens is 1. The van der Waals surface area contributed by atoms with Gasteiger partial charge in [0.2, 0.25) is 5.91 Å². The molecule has 3 N–H and O–H groups in total. The predicted molar refractivity (Wildman–Crippen MR) is 79.6 cm³/mol. The smallest absolute Gasteiger partial charge is 0.230 e. The van der Waals surface area contributed by atoms with Gasteiger partial charge in [-0.3, -0.25) is 4.79 Å². The molecule has 0 bridgehead atoms. The minimum atomic E-state index is -0.137. The van der Waals surface area contributed by atoms with Crippen LogP contribution in [0, 0.1) is 0 Å². The van der Waals surface area contributed by atoms with Crippen LogP contribution < -0.4 is 15.8 Å². The molecule has 0 saturated carbocycles. The van der Waals surface area contributed by atoms with E-state index in [1.54, 1.807) is 30.7 Å². The summed E-state index contributed by atoms with van der Waals surface area (Å²) in [4.78, 5) is 15.9. The topological polar surface area (TPSA) is 77.2 Å². The third-order valence-corrected chi connectivity index (χ3v) is 3.69. The summed E-state index contributed by atoms with van der Waals surface area (Å²) in [6.07, 6.45) is 0.206. The molecule has 1 aromatic carbocycles. The van der Waals surface area contributed by atoms with Crippen molar-refractivity contribution >= 4 is 44.0 Å². The van der Waals surface area contributed by atoms with Crippen LogP contribution >= 0.6 is 27.3 Å². The molecule has 1 aromatic heterocycles. The van der Waals surface area contributed by atoms with Crippen molar-refractivity contribution in [1.29, 1.82) is 0 Å². The van der Waals surface area contributed by atoms with Gasteiger partial charge in [0, 0.05) is 11.1 Å². The summed E-state index contributed by atoms with van der Waals surface area (Å²) in [6.45, 7) is 0. The number of aromatic nitrogens is 1. The number of benzene rings is 1. The van der Waals surface area contributed by atoms with Gasteiger partial charge in [0.15, 0.2) is 5.13 Å². The molecule has 0 radical (unpaired) electrons. The zero-order valence-corrected chi connectivity index (χ0v) is 12.5. The van der Waals surface area contributed by atoms with E-state index in [9.17, 15) is 4.79 Å². The highest BCUT2D eigenvalue weighted by Crippen LogP contribution is 2.27. The predicted octanol–water partition coefficient (Wildman–Crippen LogP) is 2.68. The standard InChI is InChI=1S/C12H12BrN3O2S/c1-18-10-3-2-7(4-9(10)13)15-11(17)5-8-6-19-12(14)16-8/h2-4,6H,5H2,1H3,(H2,14,16)(H,15,17). The van der Waals surface area contributed by atoms with E-state index in [0.717, 1.165) is 4.47 Å². The molecule has 0 aliphatic carbocycles. The lowest BCUT2D eigenvalue weighted by atomic mass is 10.2. The number of ether oxygens (including phenoxy) is 1. The van der Waals surface area contributed by atoms with E-state index in [2.05, 4.69) is 26.2 Å². The Balaban J connectivity index is 2.00. The summed E-state index contributed by atoms with van der Waals surface area (Å²) in [5.41, 5.74) is 6.88. The SMILES string of the molecule is COc1ccc(NC(=O)Cc2csc(N)n2)cc1Br. The molecular weight excluding hydrogens is 330 g/mol. The largest absolute Gasteiger partial charge is 0.496 e. The Kier molecular flexibility index (Phi) is 4.39. The Morgan fingerprint density at radius 3 is 2.95 bits per heavy atom. The van der Waals surface area contributed by atoms with E-state index < -0.39 is 0 Å². The Bertz CT molecular complexity index is 600. The van der Waals surface area contributed by atoms with Crippen LogP contribution in [0.25, 0.3) is 0 Å². The van der Waals surface area contributed by atoms with Crippen LogP contribution in [-0.2, 0) is 11.2 Å². The lowest BCUT2D eigenvalue weighted by Gasteiger charge is -2.07. The molecule has 0 unspecified atom stereocenters. The molecule has 0 spiro atoms. The lowest BCUT2D eigenvalue weighted by molar-refractivity contribution is -0.115. The van der Waals surface area contributed by atoms with Crippen molar-refractivity contribution in [3.8, 4) is 5.75 Å². The third-order valence-electron chi connectivity index (χ3n) is 2.35. The van der Waals surface area contributed by atoms with Crippen LogP contribution in [0.4, 0.5) is 10.8 Å². The van der Waals surface area contributed by atoms with Crippen molar-refractivity contribution in [3.05, 3.63) is 33.7 Å². The molecule has 1 amide bonds. The van der Waals surface area contributed by atoms with Gasteiger partial charge in [-0.05, 0) is 34.1 Å². The number of carbonyl (C=O) groups is 1. The number of amides is 1. The molecular formula is C12H12BrN3O2S. The summed E-state index contributed by atoms with van der Waals surface area (Å²) in [6, 6.07) is 5.34. The lowest BCUT2D eigenvalue weighted by Crippen LogP contribution is -2.14. The Morgan fingerprint density at radius 2 is 2.37 bits per heavy atom. The van der Waals surface area contributed by atoms with Gasteiger partial charge in [0.25, 0.3) is 0 Å². The first kappa shape index (κ1) is 13.8. The average Bonchev–Trinajstić information content (AvgIpc) is 2.74. The highest BCUT2D eigenvalue weighted by molar-refractivity contribution is 9.10. The number of nitrogen functional groups attached to an aromatic ring is 1. The number of hydrogen-bond acceptors (Lipinski definition) is 5. The van der Waals surface area contributed by atoms with Gasteiger partial charge in [-0.25, -0.2) is 4.98 Å². The van der Waals surface area contributed by atoms with Crippen LogP contribution in [0.5, 0.6) is 5.75 Å². The molecule has 19 heavy (non-hydrogen) atoms. The molecule has 0 aliphatic rings. The molecule has 5 nitrogen and oxygen atoms in total. The van der Waals surface area contributed by atoms with Crippen LogP contribution in [0.3, 0.4) is 0 Å². The van der Waals surface area contributed by atoms with Gasteiger partial charge in [-0.1, -0.05) is 0 Å². The van der Waals surface area contributed by atoms with E-state index in [0.29, 0.717) is 22.3 Å². The summed E-state index contributed by atoms with van der Waals surface area (Å²) in [5, 5.41) is 5.04. The molecule has 2 rings (SSSR count). The van der Waals surface area contributed by atoms with Crippen molar-refractivity contribution in [1.82, 2.24) is 4.98 Å². The molecule has 7 heteroatoms. The normalized spacial score (nSPS) is 10.2. The highest BCUT2D eigenvalue weighted by Gasteiger charge is 2.08. The highest BCUT2D eigenvalue weighted by atomic mass is 79.9. The second-order valence-corrected chi connectivity index (χ2v) is 5.50. The summed E-state index contributed by atoms with van der Waals surface area (Å²) in [5.74, 6) is 0.577. The van der Waals surface area contributed by atoms with Crippen molar-refractivity contribution in [2.45, 2.75) is 6.42 Å². The fourth-order valence-corrected chi connectivity index (χ4v) is 2.62. The monoisotopic (exact) mass is 341 g/mol. The summed E-state index contributed by atoms with van der Waals surface area (Å²) < 4.78 is 5.90. The maximum absolute atomic E-state index is 11.8. The van der Waals surface area contributed by atoms with Crippen molar-refractivity contribution in [2.75, 3.05) is 18.2 Å². The molecule has 0 atom stereocenters. The number of nitrogens with one attached hydrogen (secondary N) is 1. The second-order valence-electron chi connectivity index (χ2n) is 3.75. The summed E-state index contributed by atoms with van der Waals surface area (Å²) >= 11 is 4.69.